The van der Waals surface area contributed by atoms with Gasteiger partial charge in [0.25, 0.3) is 0 Å². The molecule has 110 valence electrons. The summed E-state index contributed by atoms with van der Waals surface area (Å²) in [6.45, 7) is 6.14. The van der Waals surface area contributed by atoms with Crippen molar-refractivity contribution in [3.63, 3.8) is 0 Å². The van der Waals surface area contributed by atoms with Gasteiger partial charge in [0.1, 0.15) is 0 Å². The highest BCUT2D eigenvalue weighted by Crippen LogP contribution is 2.20. The first kappa shape index (κ1) is 15.6. The number of nitrogens with one attached hydrogen (secondary N) is 1. The molecule has 0 heterocycles. The standard InChI is InChI=1S/C18H21NOS/c1-13-7-4-5-10-16(13)11-21-12-17(20)19-18-14(2)8-6-9-15(18)3/h4-10H,11-12H2,1-3H3,(H,19,20). The molecule has 0 aromatic heterocycles. The minimum absolute atomic E-state index is 0.0611. The van der Waals surface area contributed by atoms with E-state index >= 15 is 0 Å². The molecule has 0 unspecified atom stereocenters. The van der Waals surface area contributed by atoms with Gasteiger partial charge in [-0.05, 0) is 43.0 Å². The second kappa shape index (κ2) is 7.32. The van der Waals surface area contributed by atoms with Gasteiger partial charge in [0, 0.05) is 11.4 Å². The molecular weight excluding hydrogens is 278 g/mol. The third-order valence-electron chi connectivity index (χ3n) is 3.50. The molecule has 1 amide bonds. The SMILES string of the molecule is Cc1ccccc1CSCC(=O)Nc1c(C)cccc1C. The molecular formula is C18H21NOS. The van der Waals surface area contributed by atoms with Crippen molar-refractivity contribution in [2.75, 3.05) is 11.1 Å². The van der Waals surface area contributed by atoms with E-state index in [4.69, 9.17) is 0 Å². The Morgan fingerprint density at radius 3 is 2.24 bits per heavy atom. The first-order chi connectivity index (χ1) is 10.1. The van der Waals surface area contributed by atoms with Crippen molar-refractivity contribution in [1.29, 1.82) is 0 Å². The number of amides is 1. The van der Waals surface area contributed by atoms with E-state index in [1.54, 1.807) is 11.8 Å². The Morgan fingerprint density at radius 1 is 0.952 bits per heavy atom. The monoisotopic (exact) mass is 299 g/mol. The van der Waals surface area contributed by atoms with E-state index in [1.165, 1.54) is 11.1 Å². The fraction of sp³-hybridized carbons (Fsp3) is 0.278. The highest BCUT2D eigenvalue weighted by atomic mass is 32.2. The first-order valence-electron chi connectivity index (χ1n) is 7.06. The molecule has 0 bridgehead atoms. The Kier molecular flexibility index (Phi) is 5.45. The van der Waals surface area contributed by atoms with Gasteiger partial charge in [0.05, 0.1) is 5.75 Å². The number of hydrogen-bond acceptors (Lipinski definition) is 2. The highest BCUT2D eigenvalue weighted by molar-refractivity contribution is 7.99. The third kappa shape index (κ3) is 4.36. The van der Waals surface area contributed by atoms with Crippen LogP contribution < -0.4 is 5.32 Å². The molecule has 1 N–H and O–H groups in total. The summed E-state index contributed by atoms with van der Waals surface area (Å²) >= 11 is 1.65. The van der Waals surface area contributed by atoms with Crippen LogP contribution in [0.4, 0.5) is 5.69 Å². The molecule has 0 aliphatic rings. The van der Waals surface area contributed by atoms with Gasteiger partial charge in [-0.3, -0.25) is 4.79 Å². The molecule has 21 heavy (non-hydrogen) atoms. The predicted molar refractivity (Wildman–Crippen MR) is 91.9 cm³/mol. The quantitative estimate of drug-likeness (QED) is 0.881. The Hall–Kier alpha value is -1.74. The summed E-state index contributed by atoms with van der Waals surface area (Å²) < 4.78 is 0. The maximum Gasteiger partial charge on any atom is 0.234 e. The molecule has 0 aliphatic heterocycles. The lowest BCUT2D eigenvalue weighted by atomic mass is 10.1. The summed E-state index contributed by atoms with van der Waals surface area (Å²) in [5.74, 6) is 1.40. The fourth-order valence-corrected chi connectivity index (χ4v) is 3.12. The zero-order chi connectivity index (χ0) is 15.2. The van der Waals surface area contributed by atoms with E-state index in [2.05, 4.69) is 24.4 Å². The normalized spacial score (nSPS) is 10.4. The van der Waals surface area contributed by atoms with E-state index in [0.29, 0.717) is 5.75 Å². The number of aryl methyl sites for hydroxylation is 3. The second-order valence-corrected chi connectivity index (χ2v) is 6.22. The van der Waals surface area contributed by atoms with Gasteiger partial charge in [0.2, 0.25) is 5.91 Å². The largest absolute Gasteiger partial charge is 0.325 e. The molecule has 0 aliphatic carbocycles. The Balaban J connectivity index is 1.87. The maximum absolute atomic E-state index is 12.1. The van der Waals surface area contributed by atoms with Crippen LogP contribution in [0.15, 0.2) is 42.5 Å². The number of benzene rings is 2. The average Bonchev–Trinajstić information content (AvgIpc) is 2.45. The lowest BCUT2D eigenvalue weighted by molar-refractivity contribution is -0.113. The maximum atomic E-state index is 12.1. The van der Waals surface area contributed by atoms with Crippen molar-refractivity contribution < 1.29 is 4.79 Å². The molecule has 0 saturated heterocycles. The highest BCUT2D eigenvalue weighted by Gasteiger charge is 2.07. The van der Waals surface area contributed by atoms with Crippen LogP contribution in [-0.4, -0.2) is 11.7 Å². The number of thioether (sulfide) groups is 1. The lowest BCUT2D eigenvalue weighted by Gasteiger charge is -2.11. The summed E-state index contributed by atoms with van der Waals surface area (Å²) in [5, 5.41) is 3.02. The molecule has 2 rings (SSSR count). The van der Waals surface area contributed by atoms with E-state index in [1.807, 2.05) is 44.2 Å². The van der Waals surface area contributed by atoms with Crippen LogP contribution in [0.1, 0.15) is 22.3 Å². The summed E-state index contributed by atoms with van der Waals surface area (Å²) in [6, 6.07) is 14.3. The first-order valence-corrected chi connectivity index (χ1v) is 8.21. The molecule has 0 saturated carbocycles. The predicted octanol–water partition coefficient (Wildman–Crippen LogP) is 4.48. The smallest absolute Gasteiger partial charge is 0.234 e. The minimum atomic E-state index is 0.0611. The van der Waals surface area contributed by atoms with Gasteiger partial charge in [-0.15, -0.1) is 11.8 Å². The van der Waals surface area contributed by atoms with E-state index in [9.17, 15) is 4.79 Å². The van der Waals surface area contributed by atoms with E-state index < -0.39 is 0 Å². The summed E-state index contributed by atoms with van der Waals surface area (Å²) in [7, 11) is 0. The van der Waals surface area contributed by atoms with Gasteiger partial charge < -0.3 is 5.32 Å². The third-order valence-corrected chi connectivity index (χ3v) is 4.48. The molecule has 0 spiro atoms. The Bertz CT molecular complexity index is 617. The van der Waals surface area contributed by atoms with Crippen LogP contribution in [0.3, 0.4) is 0 Å². The number of para-hydroxylation sites is 1. The molecule has 2 aromatic carbocycles. The number of hydrogen-bond donors (Lipinski definition) is 1. The van der Waals surface area contributed by atoms with Gasteiger partial charge >= 0.3 is 0 Å². The molecule has 0 atom stereocenters. The molecule has 2 nitrogen and oxygen atoms in total. The van der Waals surface area contributed by atoms with Crippen LogP contribution in [0, 0.1) is 20.8 Å². The Labute approximate surface area is 131 Å². The fourth-order valence-electron chi connectivity index (χ4n) is 2.21. The van der Waals surface area contributed by atoms with Crippen molar-refractivity contribution >= 4 is 23.4 Å². The summed E-state index contributed by atoms with van der Waals surface area (Å²) in [5.41, 5.74) is 5.72. The van der Waals surface area contributed by atoms with Crippen molar-refractivity contribution in [2.24, 2.45) is 0 Å². The van der Waals surface area contributed by atoms with Crippen LogP contribution in [-0.2, 0) is 10.5 Å². The topological polar surface area (TPSA) is 29.1 Å². The molecule has 0 radical (unpaired) electrons. The summed E-state index contributed by atoms with van der Waals surface area (Å²) in [4.78, 5) is 12.1. The van der Waals surface area contributed by atoms with Crippen molar-refractivity contribution in [3.8, 4) is 0 Å². The van der Waals surface area contributed by atoms with Crippen molar-refractivity contribution in [2.45, 2.75) is 26.5 Å². The zero-order valence-corrected chi connectivity index (χ0v) is 13.6. The average molecular weight is 299 g/mol. The second-order valence-electron chi connectivity index (χ2n) is 5.23. The van der Waals surface area contributed by atoms with Crippen LogP contribution in [0.25, 0.3) is 0 Å². The molecule has 2 aromatic rings. The van der Waals surface area contributed by atoms with Crippen LogP contribution in [0.5, 0.6) is 0 Å². The van der Waals surface area contributed by atoms with Gasteiger partial charge in [-0.1, -0.05) is 42.5 Å². The number of rotatable bonds is 5. The molecule has 0 fully saturated rings. The van der Waals surface area contributed by atoms with Crippen LogP contribution in [0.2, 0.25) is 0 Å². The number of carbonyl (C=O) groups is 1. The van der Waals surface area contributed by atoms with Gasteiger partial charge in [-0.25, -0.2) is 0 Å². The lowest BCUT2D eigenvalue weighted by Crippen LogP contribution is -2.15. The molecule has 3 heteroatoms. The van der Waals surface area contributed by atoms with Crippen molar-refractivity contribution in [3.05, 3.63) is 64.7 Å². The van der Waals surface area contributed by atoms with Crippen molar-refractivity contribution in [1.82, 2.24) is 0 Å². The van der Waals surface area contributed by atoms with Gasteiger partial charge in [0.15, 0.2) is 0 Å². The van der Waals surface area contributed by atoms with Gasteiger partial charge in [-0.2, -0.15) is 0 Å². The number of anilines is 1. The van der Waals surface area contributed by atoms with E-state index in [-0.39, 0.29) is 5.91 Å². The Morgan fingerprint density at radius 2 is 1.57 bits per heavy atom. The van der Waals surface area contributed by atoms with E-state index in [0.717, 1.165) is 22.6 Å². The minimum Gasteiger partial charge on any atom is -0.325 e. The zero-order valence-electron chi connectivity index (χ0n) is 12.8. The van der Waals surface area contributed by atoms with Crippen LogP contribution >= 0.6 is 11.8 Å². The summed E-state index contributed by atoms with van der Waals surface area (Å²) in [6.07, 6.45) is 0. The number of carbonyl (C=O) groups excluding carboxylic acids is 1.